The molecule has 0 aliphatic heterocycles. The first kappa shape index (κ1) is 12.9. The number of fused-ring (bicyclic) bond motifs is 5. The predicted molar refractivity (Wildman–Crippen MR) is 72.1 cm³/mol. The maximum Gasteiger partial charge on any atom is 0.320 e. The molecule has 3 rings (SSSR count). The fourth-order valence-corrected chi connectivity index (χ4v) is 3.54. The number of esters is 2. The second kappa shape index (κ2) is 4.78. The van der Waals surface area contributed by atoms with Crippen LogP contribution in [0.4, 0.5) is 0 Å². The third-order valence-corrected chi connectivity index (χ3v) is 4.36. The molecule has 0 saturated carbocycles. The van der Waals surface area contributed by atoms with Gasteiger partial charge in [-0.1, -0.05) is 36.4 Å². The molecule has 1 unspecified atom stereocenters. The molecule has 2 bridgehead atoms. The van der Waals surface area contributed by atoms with Crippen LogP contribution in [-0.2, 0) is 19.1 Å². The van der Waals surface area contributed by atoms with Crippen molar-refractivity contribution < 1.29 is 19.1 Å². The summed E-state index contributed by atoms with van der Waals surface area (Å²) in [4.78, 5) is 24.0. The Labute approximate surface area is 117 Å². The number of methoxy groups -OCH3 is 2. The van der Waals surface area contributed by atoms with Gasteiger partial charge in [0.25, 0.3) is 0 Å². The molecule has 0 N–H and O–H groups in total. The molecule has 104 valence electrons. The van der Waals surface area contributed by atoms with E-state index in [-0.39, 0.29) is 17.8 Å². The van der Waals surface area contributed by atoms with E-state index in [0.717, 1.165) is 0 Å². The topological polar surface area (TPSA) is 52.6 Å². The first-order valence-corrected chi connectivity index (χ1v) is 6.62. The van der Waals surface area contributed by atoms with Gasteiger partial charge in [-0.25, -0.2) is 0 Å². The van der Waals surface area contributed by atoms with Gasteiger partial charge in [-0.3, -0.25) is 9.59 Å². The molecule has 4 nitrogen and oxygen atoms in total. The largest absolute Gasteiger partial charge is 0.468 e. The summed E-state index contributed by atoms with van der Waals surface area (Å²) in [5, 5.41) is 0. The van der Waals surface area contributed by atoms with E-state index >= 15 is 0 Å². The summed E-state index contributed by atoms with van der Waals surface area (Å²) in [6.45, 7) is 0. The van der Waals surface area contributed by atoms with Gasteiger partial charge in [0.05, 0.1) is 14.2 Å². The second-order valence-electron chi connectivity index (χ2n) is 5.17. The van der Waals surface area contributed by atoms with Gasteiger partial charge >= 0.3 is 11.9 Å². The van der Waals surface area contributed by atoms with E-state index in [4.69, 9.17) is 9.47 Å². The lowest BCUT2D eigenvalue weighted by molar-refractivity contribution is -0.161. The lowest BCUT2D eigenvalue weighted by Crippen LogP contribution is -2.35. The maximum absolute atomic E-state index is 12.0. The maximum atomic E-state index is 12.0. The second-order valence-corrected chi connectivity index (χ2v) is 5.17. The zero-order chi connectivity index (χ0) is 14.3. The number of hydrogen-bond donors (Lipinski definition) is 0. The Morgan fingerprint density at radius 2 is 1.40 bits per heavy atom. The molecule has 1 aromatic rings. The van der Waals surface area contributed by atoms with Crippen molar-refractivity contribution in [1.29, 1.82) is 0 Å². The summed E-state index contributed by atoms with van der Waals surface area (Å²) < 4.78 is 9.61. The summed E-state index contributed by atoms with van der Waals surface area (Å²) in [5.74, 6) is -1.88. The molecule has 0 fully saturated rings. The highest BCUT2D eigenvalue weighted by molar-refractivity contribution is 5.96. The van der Waals surface area contributed by atoms with E-state index in [1.807, 2.05) is 12.1 Å². The van der Waals surface area contributed by atoms with Crippen molar-refractivity contribution in [3.05, 3.63) is 47.5 Å². The highest BCUT2D eigenvalue weighted by atomic mass is 16.5. The molecule has 0 spiro atoms. The molecule has 2 aliphatic carbocycles. The van der Waals surface area contributed by atoms with Gasteiger partial charge in [0.2, 0.25) is 0 Å². The molecule has 0 amide bonds. The van der Waals surface area contributed by atoms with Crippen LogP contribution in [0.3, 0.4) is 0 Å². The van der Waals surface area contributed by atoms with E-state index in [1.54, 1.807) is 0 Å². The van der Waals surface area contributed by atoms with Crippen molar-refractivity contribution in [3.8, 4) is 0 Å². The molecular formula is C16H16O4. The van der Waals surface area contributed by atoms with Gasteiger partial charge in [-0.15, -0.1) is 0 Å². The smallest absolute Gasteiger partial charge is 0.320 e. The molecule has 0 saturated heterocycles. The molecule has 1 aromatic carbocycles. The van der Waals surface area contributed by atoms with E-state index in [1.165, 1.54) is 25.3 Å². The van der Waals surface area contributed by atoms with E-state index < -0.39 is 17.9 Å². The summed E-state index contributed by atoms with van der Waals surface area (Å²) in [7, 11) is 2.60. The van der Waals surface area contributed by atoms with Crippen LogP contribution in [0, 0.1) is 11.8 Å². The zero-order valence-electron chi connectivity index (χ0n) is 11.4. The van der Waals surface area contributed by atoms with Gasteiger partial charge in [0.15, 0.2) is 5.92 Å². The minimum Gasteiger partial charge on any atom is -0.468 e. The van der Waals surface area contributed by atoms with Crippen molar-refractivity contribution in [2.45, 2.75) is 11.8 Å². The Bertz CT molecular complexity index is 541. The van der Waals surface area contributed by atoms with Crippen molar-refractivity contribution >= 4 is 11.9 Å². The predicted octanol–water partition coefficient (Wildman–Crippen LogP) is 2.02. The Hall–Kier alpha value is -2.10. The van der Waals surface area contributed by atoms with Crippen LogP contribution in [0.15, 0.2) is 36.4 Å². The lowest BCUT2D eigenvalue weighted by Gasteiger charge is -2.23. The van der Waals surface area contributed by atoms with E-state index in [2.05, 4.69) is 24.3 Å². The van der Waals surface area contributed by atoms with Crippen LogP contribution in [0.5, 0.6) is 0 Å². The molecule has 2 aliphatic rings. The third-order valence-electron chi connectivity index (χ3n) is 4.36. The Morgan fingerprint density at radius 3 is 1.80 bits per heavy atom. The SMILES string of the molecule is COC(=O)C(C(=O)OC)C1[C@@H]2C=C[C@H]1c1ccccc12. The van der Waals surface area contributed by atoms with Crippen LogP contribution in [0.25, 0.3) is 0 Å². The fourth-order valence-electron chi connectivity index (χ4n) is 3.54. The number of ether oxygens (including phenoxy) is 2. The molecule has 4 heteroatoms. The van der Waals surface area contributed by atoms with Crippen molar-refractivity contribution in [1.82, 2.24) is 0 Å². The van der Waals surface area contributed by atoms with Crippen LogP contribution in [0.1, 0.15) is 23.0 Å². The normalized spacial score (nSPS) is 25.6. The van der Waals surface area contributed by atoms with E-state index in [0.29, 0.717) is 0 Å². The van der Waals surface area contributed by atoms with Crippen LogP contribution in [0.2, 0.25) is 0 Å². The molecule has 20 heavy (non-hydrogen) atoms. The summed E-state index contributed by atoms with van der Waals surface area (Å²) >= 11 is 0. The lowest BCUT2D eigenvalue weighted by atomic mass is 9.81. The highest BCUT2D eigenvalue weighted by Gasteiger charge is 2.51. The summed E-state index contributed by atoms with van der Waals surface area (Å²) in [5.41, 5.74) is 2.39. The van der Waals surface area contributed by atoms with Crippen molar-refractivity contribution in [2.24, 2.45) is 11.8 Å². The number of benzene rings is 1. The Morgan fingerprint density at radius 1 is 0.950 bits per heavy atom. The average molecular weight is 272 g/mol. The number of carbonyl (C=O) groups is 2. The third kappa shape index (κ3) is 1.68. The minimum atomic E-state index is -0.873. The highest BCUT2D eigenvalue weighted by Crippen LogP contribution is 2.55. The molecule has 3 atom stereocenters. The minimum absolute atomic E-state index is 0.0828. The number of hydrogen-bond acceptors (Lipinski definition) is 4. The molecule has 0 aromatic heterocycles. The number of allylic oxidation sites excluding steroid dienone is 2. The fraction of sp³-hybridized carbons (Fsp3) is 0.375. The number of carbonyl (C=O) groups excluding carboxylic acids is 2. The summed E-state index contributed by atoms with van der Waals surface area (Å²) in [6, 6.07) is 8.08. The van der Waals surface area contributed by atoms with E-state index in [9.17, 15) is 9.59 Å². The zero-order valence-corrected chi connectivity index (χ0v) is 11.4. The molecule has 0 heterocycles. The monoisotopic (exact) mass is 272 g/mol. The molecule has 0 radical (unpaired) electrons. The standard InChI is InChI=1S/C16H16O4/c1-19-15(17)14(16(18)20-2)13-11-7-8-12(13)10-6-4-3-5-9(10)11/h3-8,11-14H,1-2H3/t11-,12+,13?. The van der Waals surface area contributed by atoms with Crippen LogP contribution < -0.4 is 0 Å². The van der Waals surface area contributed by atoms with Crippen LogP contribution in [-0.4, -0.2) is 26.2 Å². The van der Waals surface area contributed by atoms with Gasteiger partial charge in [0.1, 0.15) is 0 Å². The van der Waals surface area contributed by atoms with Crippen LogP contribution >= 0.6 is 0 Å². The van der Waals surface area contributed by atoms with Crippen molar-refractivity contribution in [2.75, 3.05) is 14.2 Å². The van der Waals surface area contributed by atoms with Gasteiger partial charge < -0.3 is 9.47 Å². The Balaban J connectivity index is 2.00. The quantitative estimate of drug-likeness (QED) is 0.480. The average Bonchev–Trinajstić information content (AvgIpc) is 3.04. The van der Waals surface area contributed by atoms with Gasteiger partial charge in [-0.05, 0) is 11.1 Å². The molecular weight excluding hydrogens is 256 g/mol. The van der Waals surface area contributed by atoms with Gasteiger partial charge in [0, 0.05) is 17.8 Å². The first-order chi connectivity index (χ1) is 9.69. The number of rotatable bonds is 3. The summed E-state index contributed by atoms with van der Waals surface area (Å²) in [6.07, 6.45) is 4.16. The van der Waals surface area contributed by atoms with Crippen molar-refractivity contribution in [3.63, 3.8) is 0 Å². The van der Waals surface area contributed by atoms with Gasteiger partial charge in [-0.2, -0.15) is 0 Å². The Kier molecular flexibility index (Phi) is 3.08. The first-order valence-electron chi connectivity index (χ1n) is 6.62.